The fraction of sp³-hybridized carbons (Fsp3) is 0.889. The van der Waals surface area contributed by atoms with Gasteiger partial charge in [-0.15, -0.1) is 0 Å². The number of hydrogen-bond acceptors (Lipinski definition) is 4. The van der Waals surface area contributed by atoms with Crippen LogP contribution in [0.4, 0.5) is 0 Å². The summed E-state index contributed by atoms with van der Waals surface area (Å²) in [6.45, 7) is 4.23. The van der Waals surface area contributed by atoms with E-state index in [0.29, 0.717) is 18.7 Å². The van der Waals surface area contributed by atoms with Gasteiger partial charge in [0.1, 0.15) is 0 Å². The Kier molecular flexibility index (Phi) is 5.29. The van der Waals surface area contributed by atoms with Crippen LogP contribution < -0.4 is 0 Å². The zero-order valence-corrected chi connectivity index (χ0v) is 9.25. The quantitative estimate of drug-likeness (QED) is 0.622. The number of thiol groups is 1. The lowest BCUT2D eigenvalue weighted by molar-refractivity contribution is -0.132. The molecule has 14 heavy (non-hydrogen) atoms. The SMILES string of the molecule is O=C(CCS)N1CCN(CCO)CC1. The standard InChI is InChI=1S/C9H18N2O2S/c12-7-6-10-2-4-11(5-3-10)9(13)1-8-14/h12,14H,1-8H2. The molecule has 1 rings (SSSR count). The van der Waals surface area contributed by atoms with Gasteiger partial charge in [-0.1, -0.05) is 0 Å². The van der Waals surface area contributed by atoms with Crippen LogP contribution in [0.1, 0.15) is 6.42 Å². The van der Waals surface area contributed by atoms with Crippen LogP contribution in [0.25, 0.3) is 0 Å². The third-order valence-electron chi connectivity index (χ3n) is 2.47. The van der Waals surface area contributed by atoms with Gasteiger partial charge in [0.25, 0.3) is 0 Å². The summed E-state index contributed by atoms with van der Waals surface area (Å²) in [6, 6.07) is 0. The third kappa shape index (κ3) is 3.48. The first kappa shape index (κ1) is 11.8. The monoisotopic (exact) mass is 218 g/mol. The van der Waals surface area contributed by atoms with Crippen LogP contribution in [-0.2, 0) is 4.79 Å². The van der Waals surface area contributed by atoms with Crippen molar-refractivity contribution in [3.63, 3.8) is 0 Å². The minimum atomic E-state index is 0.198. The van der Waals surface area contributed by atoms with Crippen LogP contribution in [0, 0.1) is 0 Å². The summed E-state index contributed by atoms with van der Waals surface area (Å²) < 4.78 is 0. The van der Waals surface area contributed by atoms with Crippen molar-refractivity contribution in [1.29, 1.82) is 0 Å². The number of carbonyl (C=O) groups excluding carboxylic acids is 1. The molecule has 0 radical (unpaired) electrons. The summed E-state index contributed by atoms with van der Waals surface area (Å²) in [4.78, 5) is 15.5. The van der Waals surface area contributed by atoms with Crippen molar-refractivity contribution in [1.82, 2.24) is 9.80 Å². The highest BCUT2D eigenvalue weighted by Gasteiger charge is 2.19. The Bertz CT molecular complexity index is 182. The molecule has 0 aromatic heterocycles. The smallest absolute Gasteiger partial charge is 0.223 e. The highest BCUT2D eigenvalue weighted by atomic mass is 32.1. The number of β-amino-alcohol motifs (C(OH)–C–C–N with tert-alkyl or cyclic N) is 1. The average Bonchev–Trinajstić information content (AvgIpc) is 2.20. The molecule has 0 unspecified atom stereocenters. The first-order valence-corrected chi connectivity index (χ1v) is 5.63. The maximum atomic E-state index is 11.5. The van der Waals surface area contributed by atoms with Crippen molar-refractivity contribution >= 4 is 18.5 Å². The largest absolute Gasteiger partial charge is 0.395 e. The van der Waals surface area contributed by atoms with Gasteiger partial charge in [0.15, 0.2) is 0 Å². The molecule has 1 aliphatic heterocycles. The summed E-state index contributed by atoms with van der Waals surface area (Å²) >= 11 is 4.04. The van der Waals surface area contributed by atoms with E-state index in [2.05, 4.69) is 17.5 Å². The van der Waals surface area contributed by atoms with E-state index in [4.69, 9.17) is 5.11 Å². The fourth-order valence-electron chi connectivity index (χ4n) is 1.62. The molecule has 0 saturated carbocycles. The van der Waals surface area contributed by atoms with E-state index in [1.807, 2.05) is 4.90 Å². The van der Waals surface area contributed by atoms with E-state index in [0.717, 1.165) is 26.2 Å². The highest BCUT2D eigenvalue weighted by molar-refractivity contribution is 7.80. The molecule has 5 heteroatoms. The minimum absolute atomic E-state index is 0.198. The van der Waals surface area contributed by atoms with Gasteiger partial charge < -0.3 is 10.0 Å². The van der Waals surface area contributed by atoms with Crippen molar-refractivity contribution in [2.45, 2.75) is 6.42 Å². The molecule has 0 aliphatic carbocycles. The van der Waals surface area contributed by atoms with Crippen molar-refractivity contribution in [2.24, 2.45) is 0 Å². The van der Waals surface area contributed by atoms with Crippen LogP contribution in [0.2, 0.25) is 0 Å². The number of rotatable bonds is 4. The van der Waals surface area contributed by atoms with E-state index < -0.39 is 0 Å². The van der Waals surface area contributed by atoms with Gasteiger partial charge in [-0.3, -0.25) is 9.69 Å². The molecule has 4 nitrogen and oxygen atoms in total. The fourth-order valence-corrected chi connectivity index (χ4v) is 1.81. The Hall–Kier alpha value is -0.260. The second-order valence-corrected chi connectivity index (χ2v) is 3.87. The second kappa shape index (κ2) is 6.27. The van der Waals surface area contributed by atoms with E-state index in [-0.39, 0.29) is 12.5 Å². The Morgan fingerprint density at radius 3 is 2.43 bits per heavy atom. The van der Waals surface area contributed by atoms with Gasteiger partial charge in [0, 0.05) is 39.1 Å². The van der Waals surface area contributed by atoms with Gasteiger partial charge in [-0.2, -0.15) is 12.6 Å². The lowest BCUT2D eigenvalue weighted by atomic mass is 10.3. The molecule has 1 amide bonds. The topological polar surface area (TPSA) is 43.8 Å². The van der Waals surface area contributed by atoms with E-state index in [1.165, 1.54) is 0 Å². The number of aliphatic hydroxyl groups excluding tert-OH is 1. The normalized spacial score (nSPS) is 18.6. The van der Waals surface area contributed by atoms with E-state index >= 15 is 0 Å². The number of piperazine rings is 1. The molecule has 1 saturated heterocycles. The molecule has 82 valence electrons. The maximum Gasteiger partial charge on any atom is 0.223 e. The summed E-state index contributed by atoms with van der Waals surface area (Å²) in [7, 11) is 0. The number of carbonyl (C=O) groups is 1. The Morgan fingerprint density at radius 1 is 1.29 bits per heavy atom. The Morgan fingerprint density at radius 2 is 1.93 bits per heavy atom. The molecule has 0 aromatic carbocycles. The molecule has 1 N–H and O–H groups in total. The second-order valence-electron chi connectivity index (χ2n) is 3.42. The third-order valence-corrected chi connectivity index (χ3v) is 2.69. The van der Waals surface area contributed by atoms with E-state index in [9.17, 15) is 4.79 Å². The first-order valence-electron chi connectivity index (χ1n) is 4.99. The summed E-state index contributed by atoms with van der Waals surface area (Å²) in [5, 5.41) is 8.75. The zero-order valence-electron chi connectivity index (χ0n) is 8.35. The zero-order chi connectivity index (χ0) is 10.4. The number of hydrogen-bond donors (Lipinski definition) is 2. The highest BCUT2D eigenvalue weighted by Crippen LogP contribution is 2.03. The summed E-state index contributed by atoms with van der Waals surface area (Å²) in [5.74, 6) is 0.819. The molecular formula is C9H18N2O2S. The van der Waals surface area contributed by atoms with Crippen LogP contribution >= 0.6 is 12.6 Å². The summed E-state index contributed by atoms with van der Waals surface area (Å²) in [6.07, 6.45) is 0.531. The molecule has 1 heterocycles. The number of amides is 1. The predicted molar refractivity (Wildman–Crippen MR) is 58.6 cm³/mol. The number of nitrogens with zero attached hydrogens (tertiary/aromatic N) is 2. The Balaban J connectivity index is 2.24. The van der Waals surface area contributed by atoms with Crippen molar-refractivity contribution < 1.29 is 9.90 Å². The van der Waals surface area contributed by atoms with Crippen molar-refractivity contribution in [3.05, 3.63) is 0 Å². The van der Waals surface area contributed by atoms with Crippen LogP contribution in [0.5, 0.6) is 0 Å². The lowest BCUT2D eigenvalue weighted by Gasteiger charge is -2.34. The number of aliphatic hydroxyl groups is 1. The predicted octanol–water partition coefficient (Wildman–Crippen LogP) is -0.557. The minimum Gasteiger partial charge on any atom is -0.395 e. The molecule has 0 spiro atoms. The van der Waals surface area contributed by atoms with E-state index in [1.54, 1.807) is 0 Å². The van der Waals surface area contributed by atoms with Crippen LogP contribution in [-0.4, -0.2) is 65.9 Å². The molecule has 0 atom stereocenters. The Labute approximate surface area is 90.3 Å². The van der Waals surface area contributed by atoms with Gasteiger partial charge in [-0.25, -0.2) is 0 Å². The van der Waals surface area contributed by atoms with Crippen molar-refractivity contribution in [2.75, 3.05) is 45.1 Å². The van der Waals surface area contributed by atoms with Gasteiger partial charge >= 0.3 is 0 Å². The molecule has 1 fully saturated rings. The van der Waals surface area contributed by atoms with Gasteiger partial charge in [0.05, 0.1) is 6.61 Å². The van der Waals surface area contributed by atoms with Crippen molar-refractivity contribution in [3.8, 4) is 0 Å². The molecule has 0 bridgehead atoms. The summed E-state index contributed by atoms with van der Waals surface area (Å²) in [5.41, 5.74) is 0. The molecule has 0 aromatic rings. The van der Waals surface area contributed by atoms with Gasteiger partial charge in [-0.05, 0) is 5.75 Å². The van der Waals surface area contributed by atoms with Gasteiger partial charge in [0.2, 0.25) is 5.91 Å². The molecule has 1 aliphatic rings. The maximum absolute atomic E-state index is 11.5. The molecular weight excluding hydrogens is 200 g/mol. The van der Waals surface area contributed by atoms with Crippen LogP contribution in [0.15, 0.2) is 0 Å². The first-order chi connectivity index (χ1) is 6.77. The lowest BCUT2D eigenvalue weighted by Crippen LogP contribution is -2.49. The average molecular weight is 218 g/mol. The van der Waals surface area contributed by atoms with Crippen LogP contribution in [0.3, 0.4) is 0 Å².